The Hall–Kier alpha value is -1.38. The minimum atomic E-state index is -0.509. The molecule has 1 saturated carbocycles. The number of carbonyl (C=O) groups excluding carboxylic acids is 2. The minimum Gasteiger partial charge on any atom is -0.378 e. The van der Waals surface area contributed by atoms with Crippen LogP contribution in [0, 0.1) is 5.92 Å². The van der Waals surface area contributed by atoms with Crippen LogP contribution in [0.2, 0.25) is 0 Å². The van der Waals surface area contributed by atoms with Gasteiger partial charge in [0.1, 0.15) is 11.4 Å². The van der Waals surface area contributed by atoms with E-state index in [-0.39, 0.29) is 17.2 Å². The molecule has 3 rings (SSSR count). The van der Waals surface area contributed by atoms with Crippen molar-refractivity contribution in [2.24, 2.45) is 5.92 Å². The first-order valence-corrected chi connectivity index (χ1v) is 13.5. The summed E-state index contributed by atoms with van der Waals surface area (Å²) in [5.41, 5.74) is 2.17. The predicted molar refractivity (Wildman–Crippen MR) is 133 cm³/mol. The van der Waals surface area contributed by atoms with Crippen molar-refractivity contribution in [3.8, 4) is 0 Å². The van der Waals surface area contributed by atoms with Crippen molar-refractivity contribution >= 4 is 41.0 Å². The third kappa shape index (κ3) is 7.91. The number of carbonyl (C=O) groups is 2. The van der Waals surface area contributed by atoms with Gasteiger partial charge in [-0.3, -0.25) is 14.9 Å². The van der Waals surface area contributed by atoms with Gasteiger partial charge in [0.2, 0.25) is 11.8 Å². The first-order valence-electron chi connectivity index (χ1n) is 11.3. The summed E-state index contributed by atoms with van der Waals surface area (Å²) in [5, 5.41) is 8.96. The van der Waals surface area contributed by atoms with Gasteiger partial charge in [0.15, 0.2) is 0 Å². The van der Waals surface area contributed by atoms with E-state index in [0.717, 1.165) is 35.2 Å². The summed E-state index contributed by atoms with van der Waals surface area (Å²) in [6, 6.07) is 7.64. The molecule has 1 saturated heterocycles. The Kier molecular flexibility index (Phi) is 9.87. The largest absolute Gasteiger partial charge is 0.378 e. The summed E-state index contributed by atoms with van der Waals surface area (Å²) in [5.74, 6) is 3.17. The molecule has 0 radical (unpaired) electrons. The Morgan fingerprint density at radius 1 is 1.19 bits per heavy atom. The molecule has 2 atom stereocenters. The Balaban J connectivity index is 1.52. The molecule has 1 aliphatic carbocycles. The summed E-state index contributed by atoms with van der Waals surface area (Å²) in [7, 11) is 4.01. The minimum absolute atomic E-state index is 0.0868. The van der Waals surface area contributed by atoms with Crippen molar-refractivity contribution in [3.63, 3.8) is 0 Å². The molecule has 2 aliphatic rings. The third-order valence-electron chi connectivity index (χ3n) is 5.87. The van der Waals surface area contributed by atoms with E-state index in [1.165, 1.54) is 32.1 Å². The topological polar surface area (TPSA) is 73.5 Å². The summed E-state index contributed by atoms with van der Waals surface area (Å²) in [6.07, 6.45) is 6.58. The maximum Gasteiger partial charge on any atom is 0.248 e. The van der Waals surface area contributed by atoms with Crippen molar-refractivity contribution < 1.29 is 9.59 Å². The first-order chi connectivity index (χ1) is 15.0. The van der Waals surface area contributed by atoms with Gasteiger partial charge in [-0.2, -0.15) is 11.8 Å². The van der Waals surface area contributed by atoms with Gasteiger partial charge < -0.3 is 15.5 Å². The van der Waals surface area contributed by atoms with Gasteiger partial charge in [0.25, 0.3) is 0 Å². The quantitative estimate of drug-likeness (QED) is 0.495. The van der Waals surface area contributed by atoms with Crippen LogP contribution in [0.4, 0.5) is 5.69 Å². The molecule has 3 N–H and O–H groups in total. The zero-order valence-electron chi connectivity index (χ0n) is 18.7. The van der Waals surface area contributed by atoms with Crippen LogP contribution in [-0.4, -0.2) is 61.1 Å². The highest BCUT2D eigenvalue weighted by molar-refractivity contribution is 8.00. The number of nitrogens with zero attached hydrogens (tertiary/aromatic N) is 1. The first kappa shape index (κ1) is 24.3. The number of hydrogen-bond donors (Lipinski definition) is 3. The molecule has 1 aromatic rings. The standard InChI is InChI=1S/C23H36N4O2S2/c1-27(2)19-10-8-17(9-11-19)14-25-21(28)20(26-22(29)23-24-12-13-31-23)16-30-15-18-6-4-3-5-7-18/h8-11,18,20,23-24H,3-7,12-16H2,1-2H3,(H,25,28)(H,26,29). The molecule has 2 amide bonds. The fraction of sp³-hybridized carbons (Fsp3) is 0.652. The van der Waals surface area contributed by atoms with Crippen LogP contribution in [0.5, 0.6) is 0 Å². The van der Waals surface area contributed by atoms with Gasteiger partial charge in [0.05, 0.1) is 0 Å². The smallest absolute Gasteiger partial charge is 0.248 e. The molecule has 1 heterocycles. The molecule has 2 unspecified atom stereocenters. The second kappa shape index (κ2) is 12.6. The number of amides is 2. The number of nitrogens with one attached hydrogen (secondary N) is 3. The van der Waals surface area contributed by atoms with E-state index in [1.54, 1.807) is 23.5 Å². The SMILES string of the molecule is CN(C)c1ccc(CNC(=O)C(CSCC2CCCCC2)NC(=O)C2NCCS2)cc1. The van der Waals surface area contributed by atoms with Gasteiger partial charge in [-0.1, -0.05) is 31.4 Å². The van der Waals surface area contributed by atoms with E-state index in [4.69, 9.17) is 0 Å². The maximum absolute atomic E-state index is 12.9. The van der Waals surface area contributed by atoms with Crippen LogP contribution in [0.3, 0.4) is 0 Å². The van der Waals surface area contributed by atoms with Crippen LogP contribution in [0.15, 0.2) is 24.3 Å². The van der Waals surface area contributed by atoms with Crippen molar-refractivity contribution in [3.05, 3.63) is 29.8 Å². The molecule has 6 nitrogen and oxygen atoms in total. The summed E-state index contributed by atoms with van der Waals surface area (Å²) >= 11 is 3.40. The third-order valence-corrected chi connectivity index (χ3v) is 8.30. The van der Waals surface area contributed by atoms with Gasteiger partial charge in [0, 0.05) is 44.4 Å². The van der Waals surface area contributed by atoms with Gasteiger partial charge in [-0.05, 0) is 42.2 Å². The summed E-state index contributed by atoms with van der Waals surface area (Å²) < 4.78 is 0. The Bertz CT molecular complexity index is 702. The van der Waals surface area contributed by atoms with Crippen LogP contribution < -0.4 is 20.9 Å². The molecule has 0 aromatic heterocycles. The number of benzene rings is 1. The lowest BCUT2D eigenvalue weighted by atomic mass is 9.91. The van der Waals surface area contributed by atoms with Gasteiger partial charge >= 0.3 is 0 Å². The van der Waals surface area contributed by atoms with E-state index in [9.17, 15) is 9.59 Å². The molecule has 8 heteroatoms. The molecule has 1 aromatic carbocycles. The number of anilines is 1. The van der Waals surface area contributed by atoms with Crippen LogP contribution >= 0.6 is 23.5 Å². The average molecular weight is 465 g/mol. The normalized spacial score (nSPS) is 20.3. The lowest BCUT2D eigenvalue weighted by Crippen LogP contribution is -2.52. The highest BCUT2D eigenvalue weighted by Crippen LogP contribution is 2.27. The molecule has 1 aliphatic heterocycles. The van der Waals surface area contributed by atoms with Crippen LogP contribution in [0.25, 0.3) is 0 Å². The molecule has 172 valence electrons. The highest BCUT2D eigenvalue weighted by Gasteiger charge is 2.28. The van der Waals surface area contributed by atoms with E-state index in [1.807, 2.05) is 43.3 Å². The van der Waals surface area contributed by atoms with Crippen LogP contribution in [-0.2, 0) is 16.1 Å². The second-order valence-corrected chi connectivity index (χ2v) is 10.9. The molecular weight excluding hydrogens is 428 g/mol. The zero-order valence-corrected chi connectivity index (χ0v) is 20.3. The van der Waals surface area contributed by atoms with Crippen molar-refractivity contribution in [2.45, 2.75) is 50.1 Å². The second-order valence-electron chi connectivity index (χ2n) is 8.59. The number of rotatable bonds is 10. The fourth-order valence-electron chi connectivity index (χ4n) is 3.96. The Morgan fingerprint density at radius 2 is 1.94 bits per heavy atom. The fourth-order valence-corrected chi connectivity index (χ4v) is 6.15. The van der Waals surface area contributed by atoms with Crippen LogP contribution in [0.1, 0.15) is 37.7 Å². The monoisotopic (exact) mass is 464 g/mol. The zero-order chi connectivity index (χ0) is 22.1. The molecular formula is C23H36N4O2S2. The lowest BCUT2D eigenvalue weighted by Gasteiger charge is -2.23. The van der Waals surface area contributed by atoms with Gasteiger partial charge in [-0.15, -0.1) is 11.8 Å². The lowest BCUT2D eigenvalue weighted by molar-refractivity contribution is -0.128. The van der Waals surface area contributed by atoms with E-state index < -0.39 is 6.04 Å². The van der Waals surface area contributed by atoms with Crippen molar-refractivity contribution in [1.82, 2.24) is 16.0 Å². The number of hydrogen-bond acceptors (Lipinski definition) is 6. The molecule has 2 fully saturated rings. The highest BCUT2D eigenvalue weighted by atomic mass is 32.2. The van der Waals surface area contributed by atoms with E-state index in [2.05, 4.69) is 16.0 Å². The summed E-state index contributed by atoms with van der Waals surface area (Å²) in [4.78, 5) is 27.6. The van der Waals surface area contributed by atoms with E-state index in [0.29, 0.717) is 12.3 Å². The van der Waals surface area contributed by atoms with Crippen molar-refractivity contribution in [2.75, 3.05) is 42.8 Å². The van der Waals surface area contributed by atoms with Gasteiger partial charge in [-0.25, -0.2) is 0 Å². The maximum atomic E-state index is 12.9. The predicted octanol–water partition coefficient (Wildman–Crippen LogP) is 2.83. The Labute approximate surface area is 195 Å². The molecule has 31 heavy (non-hydrogen) atoms. The summed E-state index contributed by atoms with van der Waals surface area (Å²) in [6.45, 7) is 1.29. The molecule has 0 bridgehead atoms. The number of thioether (sulfide) groups is 2. The molecule has 0 spiro atoms. The Morgan fingerprint density at radius 3 is 2.58 bits per heavy atom. The van der Waals surface area contributed by atoms with E-state index >= 15 is 0 Å². The van der Waals surface area contributed by atoms with Crippen molar-refractivity contribution in [1.29, 1.82) is 0 Å². The average Bonchev–Trinajstić information content (AvgIpc) is 3.33.